The highest BCUT2D eigenvalue weighted by Gasteiger charge is 2.07. The number of esters is 1. The molecule has 2 aromatic rings. The number of amides is 1. The second-order valence-corrected chi connectivity index (χ2v) is 4.82. The van der Waals surface area contributed by atoms with Gasteiger partial charge in [-0.1, -0.05) is 12.1 Å². The molecule has 1 aromatic carbocycles. The number of carbonyl (C=O) groups is 2. The minimum Gasteiger partial charge on any atom is -0.465 e. The Morgan fingerprint density at radius 1 is 1.27 bits per heavy atom. The van der Waals surface area contributed by atoms with Crippen molar-refractivity contribution in [1.82, 2.24) is 0 Å². The Hall–Kier alpha value is -2.82. The molecule has 114 valence electrons. The molecular formula is C17H17NO4. The van der Waals surface area contributed by atoms with Gasteiger partial charge in [0.15, 0.2) is 6.61 Å². The lowest BCUT2D eigenvalue weighted by atomic mass is 10.1. The van der Waals surface area contributed by atoms with E-state index in [2.05, 4.69) is 5.32 Å². The van der Waals surface area contributed by atoms with E-state index in [1.807, 2.05) is 32.0 Å². The number of anilines is 1. The number of aryl methyl sites for hydroxylation is 2. The van der Waals surface area contributed by atoms with Crippen molar-refractivity contribution in [3.8, 4) is 0 Å². The first kappa shape index (κ1) is 15.6. The Bertz CT molecular complexity index is 687. The molecular weight excluding hydrogens is 282 g/mol. The molecule has 0 fully saturated rings. The van der Waals surface area contributed by atoms with Gasteiger partial charge >= 0.3 is 5.97 Å². The van der Waals surface area contributed by atoms with Crippen molar-refractivity contribution < 1.29 is 18.7 Å². The molecule has 0 bridgehead atoms. The van der Waals surface area contributed by atoms with Gasteiger partial charge < -0.3 is 14.5 Å². The minimum atomic E-state index is -0.604. The molecule has 0 unspecified atom stereocenters. The molecule has 1 N–H and O–H groups in total. The maximum Gasteiger partial charge on any atom is 0.331 e. The highest BCUT2D eigenvalue weighted by Crippen LogP contribution is 2.16. The van der Waals surface area contributed by atoms with Crippen LogP contribution in [0, 0.1) is 13.8 Å². The van der Waals surface area contributed by atoms with Crippen molar-refractivity contribution >= 4 is 23.6 Å². The number of hydrogen-bond donors (Lipinski definition) is 1. The van der Waals surface area contributed by atoms with Gasteiger partial charge in [0.1, 0.15) is 5.76 Å². The molecule has 0 saturated heterocycles. The van der Waals surface area contributed by atoms with E-state index >= 15 is 0 Å². The maximum atomic E-state index is 11.8. The summed E-state index contributed by atoms with van der Waals surface area (Å²) in [7, 11) is 0. The lowest BCUT2D eigenvalue weighted by molar-refractivity contribution is -0.142. The molecule has 0 saturated carbocycles. The zero-order chi connectivity index (χ0) is 15.9. The third-order valence-corrected chi connectivity index (χ3v) is 2.94. The molecule has 0 spiro atoms. The second-order valence-electron chi connectivity index (χ2n) is 4.82. The normalized spacial score (nSPS) is 10.6. The summed E-state index contributed by atoms with van der Waals surface area (Å²) in [6.45, 7) is 3.50. The van der Waals surface area contributed by atoms with E-state index in [4.69, 9.17) is 9.15 Å². The SMILES string of the molecule is Cc1ccc(C)c(NC(=O)COC(=O)C=Cc2ccco2)c1. The van der Waals surface area contributed by atoms with Crippen LogP contribution in [0.3, 0.4) is 0 Å². The lowest BCUT2D eigenvalue weighted by Crippen LogP contribution is -2.20. The van der Waals surface area contributed by atoms with Crippen LogP contribution >= 0.6 is 0 Å². The Morgan fingerprint density at radius 3 is 2.82 bits per heavy atom. The number of rotatable bonds is 5. The fourth-order valence-electron chi connectivity index (χ4n) is 1.78. The van der Waals surface area contributed by atoms with Crippen LogP contribution < -0.4 is 5.32 Å². The maximum absolute atomic E-state index is 11.8. The Kier molecular flexibility index (Phi) is 5.14. The molecule has 0 aliphatic rings. The van der Waals surface area contributed by atoms with Crippen LogP contribution in [0.1, 0.15) is 16.9 Å². The molecule has 5 heteroatoms. The predicted octanol–water partition coefficient (Wildman–Crippen LogP) is 3.09. The van der Waals surface area contributed by atoms with E-state index in [1.54, 1.807) is 12.1 Å². The van der Waals surface area contributed by atoms with Gasteiger partial charge in [0.25, 0.3) is 5.91 Å². The number of carbonyl (C=O) groups excluding carboxylic acids is 2. The fourth-order valence-corrected chi connectivity index (χ4v) is 1.78. The molecule has 0 aliphatic carbocycles. The molecule has 1 heterocycles. The molecule has 0 atom stereocenters. The van der Waals surface area contributed by atoms with Gasteiger partial charge in [0, 0.05) is 11.8 Å². The van der Waals surface area contributed by atoms with Crippen LogP contribution in [-0.4, -0.2) is 18.5 Å². The Morgan fingerprint density at radius 2 is 2.09 bits per heavy atom. The topological polar surface area (TPSA) is 68.5 Å². The van der Waals surface area contributed by atoms with Crippen LogP contribution in [-0.2, 0) is 14.3 Å². The summed E-state index contributed by atoms with van der Waals surface area (Å²) in [5.41, 5.74) is 2.70. The first-order valence-electron chi connectivity index (χ1n) is 6.80. The summed E-state index contributed by atoms with van der Waals surface area (Å²) < 4.78 is 9.90. The lowest BCUT2D eigenvalue weighted by Gasteiger charge is -2.09. The van der Waals surface area contributed by atoms with Crippen molar-refractivity contribution in [2.45, 2.75) is 13.8 Å². The summed E-state index contributed by atoms with van der Waals surface area (Å²) in [6.07, 6.45) is 4.19. The van der Waals surface area contributed by atoms with Crippen molar-refractivity contribution in [2.75, 3.05) is 11.9 Å². The van der Waals surface area contributed by atoms with Gasteiger partial charge in [-0.25, -0.2) is 4.79 Å². The molecule has 2 rings (SSSR count). The summed E-state index contributed by atoms with van der Waals surface area (Å²) in [5.74, 6) is -0.447. The van der Waals surface area contributed by atoms with Gasteiger partial charge in [-0.05, 0) is 49.2 Å². The number of benzene rings is 1. The first-order chi connectivity index (χ1) is 10.5. The van der Waals surface area contributed by atoms with Crippen molar-refractivity contribution in [2.24, 2.45) is 0 Å². The second kappa shape index (κ2) is 7.26. The number of furan rings is 1. The Labute approximate surface area is 128 Å². The Balaban J connectivity index is 1.82. The van der Waals surface area contributed by atoms with Gasteiger partial charge in [-0.2, -0.15) is 0 Å². The van der Waals surface area contributed by atoms with E-state index in [-0.39, 0.29) is 12.5 Å². The number of ether oxygens (including phenoxy) is 1. The summed E-state index contributed by atoms with van der Waals surface area (Å²) in [5, 5.41) is 2.72. The van der Waals surface area contributed by atoms with Crippen LogP contribution in [0.2, 0.25) is 0 Å². The average molecular weight is 299 g/mol. The zero-order valence-corrected chi connectivity index (χ0v) is 12.5. The van der Waals surface area contributed by atoms with Gasteiger partial charge in [0.05, 0.1) is 6.26 Å². The highest BCUT2D eigenvalue weighted by atomic mass is 16.5. The largest absolute Gasteiger partial charge is 0.465 e. The predicted molar refractivity (Wildman–Crippen MR) is 83.2 cm³/mol. The monoisotopic (exact) mass is 299 g/mol. The highest BCUT2D eigenvalue weighted by molar-refractivity contribution is 5.95. The van der Waals surface area contributed by atoms with Crippen molar-refractivity contribution in [3.05, 3.63) is 59.6 Å². The van der Waals surface area contributed by atoms with Crippen molar-refractivity contribution in [1.29, 1.82) is 0 Å². The minimum absolute atomic E-state index is 0.339. The zero-order valence-electron chi connectivity index (χ0n) is 12.5. The van der Waals surface area contributed by atoms with E-state index in [0.29, 0.717) is 11.4 Å². The third kappa shape index (κ3) is 4.63. The quantitative estimate of drug-likeness (QED) is 0.680. The van der Waals surface area contributed by atoms with E-state index in [9.17, 15) is 9.59 Å². The van der Waals surface area contributed by atoms with E-state index < -0.39 is 5.97 Å². The van der Waals surface area contributed by atoms with Gasteiger partial charge in [-0.3, -0.25) is 4.79 Å². The molecule has 5 nitrogen and oxygen atoms in total. The number of hydrogen-bond acceptors (Lipinski definition) is 4. The molecule has 22 heavy (non-hydrogen) atoms. The van der Waals surface area contributed by atoms with Gasteiger partial charge in [-0.15, -0.1) is 0 Å². The van der Waals surface area contributed by atoms with E-state index in [0.717, 1.165) is 11.1 Å². The van der Waals surface area contributed by atoms with Crippen LogP contribution in [0.5, 0.6) is 0 Å². The van der Waals surface area contributed by atoms with Crippen LogP contribution in [0.4, 0.5) is 5.69 Å². The molecule has 1 aromatic heterocycles. The van der Waals surface area contributed by atoms with Crippen LogP contribution in [0.15, 0.2) is 47.1 Å². The summed E-state index contributed by atoms with van der Waals surface area (Å²) >= 11 is 0. The summed E-state index contributed by atoms with van der Waals surface area (Å²) in [6, 6.07) is 9.17. The molecule has 0 radical (unpaired) electrons. The number of nitrogens with one attached hydrogen (secondary N) is 1. The first-order valence-corrected chi connectivity index (χ1v) is 6.80. The molecule has 1 amide bonds. The van der Waals surface area contributed by atoms with Gasteiger partial charge in [0.2, 0.25) is 0 Å². The van der Waals surface area contributed by atoms with Crippen molar-refractivity contribution in [3.63, 3.8) is 0 Å². The standard InChI is InChI=1S/C17H17NO4/c1-12-5-6-13(2)15(10-12)18-16(19)11-22-17(20)8-7-14-4-3-9-21-14/h3-10H,11H2,1-2H3,(H,18,19). The molecule has 0 aliphatic heterocycles. The summed E-state index contributed by atoms with van der Waals surface area (Å²) in [4.78, 5) is 23.3. The average Bonchev–Trinajstić information content (AvgIpc) is 3.00. The third-order valence-electron chi connectivity index (χ3n) is 2.94. The smallest absolute Gasteiger partial charge is 0.331 e. The van der Waals surface area contributed by atoms with Crippen LogP contribution in [0.25, 0.3) is 6.08 Å². The fraction of sp³-hybridized carbons (Fsp3) is 0.176. The van der Waals surface area contributed by atoms with E-state index in [1.165, 1.54) is 18.4 Å².